The average Bonchev–Trinajstić information content (AvgIpc) is 2.74. The summed E-state index contributed by atoms with van der Waals surface area (Å²) in [6.07, 6.45) is 5.00. The van der Waals surface area contributed by atoms with Crippen LogP contribution in [-0.4, -0.2) is 16.3 Å². The second-order valence-electron chi connectivity index (χ2n) is 4.58. The van der Waals surface area contributed by atoms with Crippen molar-refractivity contribution in [3.63, 3.8) is 0 Å². The van der Waals surface area contributed by atoms with Gasteiger partial charge in [-0.3, -0.25) is 0 Å². The molecule has 0 aromatic heterocycles. The van der Waals surface area contributed by atoms with Gasteiger partial charge in [-0.25, -0.2) is 0 Å². The molecule has 0 amide bonds. The van der Waals surface area contributed by atoms with Gasteiger partial charge >= 0.3 is 0 Å². The summed E-state index contributed by atoms with van der Waals surface area (Å²) in [6.45, 7) is 2.02. The van der Waals surface area contributed by atoms with Crippen LogP contribution >= 0.6 is 0 Å². The Balaban J connectivity index is 2.07. The average molecular weight is 221 g/mol. The van der Waals surface area contributed by atoms with Crippen molar-refractivity contribution in [3.8, 4) is 11.5 Å². The minimum Gasteiger partial charge on any atom is -0.504 e. The summed E-state index contributed by atoms with van der Waals surface area (Å²) >= 11 is 0. The lowest BCUT2D eigenvalue weighted by Gasteiger charge is -2.20. The van der Waals surface area contributed by atoms with Crippen molar-refractivity contribution >= 4 is 0 Å². The van der Waals surface area contributed by atoms with Gasteiger partial charge in [0.2, 0.25) is 0 Å². The first-order valence-corrected chi connectivity index (χ1v) is 5.95. The molecule has 3 heteroatoms. The maximum absolute atomic E-state index is 9.75. The van der Waals surface area contributed by atoms with Crippen LogP contribution in [0.15, 0.2) is 18.2 Å². The Labute approximate surface area is 96.1 Å². The van der Waals surface area contributed by atoms with Crippen molar-refractivity contribution in [1.29, 1.82) is 0 Å². The van der Waals surface area contributed by atoms with Crippen LogP contribution in [-0.2, 0) is 0 Å². The van der Waals surface area contributed by atoms with Gasteiger partial charge in [0.1, 0.15) is 0 Å². The largest absolute Gasteiger partial charge is 0.504 e. The van der Waals surface area contributed by atoms with Crippen molar-refractivity contribution in [1.82, 2.24) is 5.32 Å². The van der Waals surface area contributed by atoms with Gasteiger partial charge in [0.15, 0.2) is 11.5 Å². The van der Waals surface area contributed by atoms with E-state index in [-0.39, 0.29) is 17.5 Å². The Morgan fingerprint density at radius 2 is 1.94 bits per heavy atom. The van der Waals surface area contributed by atoms with Crippen LogP contribution in [0.4, 0.5) is 0 Å². The van der Waals surface area contributed by atoms with Crippen LogP contribution in [0.25, 0.3) is 0 Å². The lowest BCUT2D eigenvalue weighted by molar-refractivity contribution is 0.386. The fourth-order valence-corrected chi connectivity index (χ4v) is 2.43. The number of aromatic hydroxyl groups is 2. The summed E-state index contributed by atoms with van der Waals surface area (Å²) in [5.41, 5.74) is 0.770. The molecule has 0 spiro atoms. The van der Waals surface area contributed by atoms with Crippen molar-refractivity contribution in [3.05, 3.63) is 23.8 Å². The molecule has 0 radical (unpaired) electrons. The molecule has 16 heavy (non-hydrogen) atoms. The standard InChI is InChI=1S/C13H19NO2/c1-9(14-10-5-2-3-6-10)11-7-4-8-12(15)13(11)16/h4,7-10,14-16H,2-3,5-6H2,1H3. The molecule has 1 aromatic carbocycles. The Bertz CT molecular complexity index is 359. The third kappa shape index (κ3) is 2.30. The SMILES string of the molecule is CC(NC1CCCC1)c1cccc(O)c1O. The molecule has 0 heterocycles. The summed E-state index contributed by atoms with van der Waals surface area (Å²) in [5, 5.41) is 22.7. The molecule has 1 aromatic rings. The summed E-state index contributed by atoms with van der Waals surface area (Å²) in [7, 11) is 0. The van der Waals surface area contributed by atoms with Crippen LogP contribution in [0.5, 0.6) is 11.5 Å². The smallest absolute Gasteiger partial charge is 0.162 e. The third-order valence-electron chi connectivity index (χ3n) is 3.35. The molecule has 1 aliphatic carbocycles. The summed E-state index contributed by atoms with van der Waals surface area (Å²) in [6, 6.07) is 5.74. The molecule has 1 unspecified atom stereocenters. The van der Waals surface area contributed by atoms with E-state index in [1.807, 2.05) is 13.0 Å². The maximum atomic E-state index is 9.75. The van der Waals surface area contributed by atoms with Gasteiger partial charge < -0.3 is 15.5 Å². The van der Waals surface area contributed by atoms with E-state index >= 15 is 0 Å². The maximum Gasteiger partial charge on any atom is 0.162 e. The fourth-order valence-electron chi connectivity index (χ4n) is 2.43. The predicted octanol–water partition coefficient (Wildman–Crippen LogP) is 2.69. The van der Waals surface area contributed by atoms with Crippen molar-refractivity contribution < 1.29 is 10.2 Å². The number of benzene rings is 1. The molecule has 2 rings (SSSR count). The molecule has 0 aliphatic heterocycles. The number of hydrogen-bond donors (Lipinski definition) is 3. The number of hydrogen-bond acceptors (Lipinski definition) is 3. The van der Waals surface area contributed by atoms with Gasteiger partial charge in [0.25, 0.3) is 0 Å². The highest BCUT2D eigenvalue weighted by molar-refractivity contribution is 5.45. The molecule has 3 nitrogen and oxygen atoms in total. The van der Waals surface area contributed by atoms with Crippen molar-refractivity contribution in [2.75, 3.05) is 0 Å². The van der Waals surface area contributed by atoms with Gasteiger partial charge in [-0.2, -0.15) is 0 Å². The van der Waals surface area contributed by atoms with Crippen LogP contribution in [0.1, 0.15) is 44.2 Å². The van der Waals surface area contributed by atoms with E-state index in [4.69, 9.17) is 0 Å². The highest BCUT2D eigenvalue weighted by Crippen LogP contribution is 2.33. The van der Waals surface area contributed by atoms with E-state index < -0.39 is 0 Å². The van der Waals surface area contributed by atoms with Crippen molar-refractivity contribution in [2.45, 2.75) is 44.7 Å². The second kappa shape index (κ2) is 4.74. The van der Waals surface area contributed by atoms with Gasteiger partial charge in [0, 0.05) is 17.6 Å². The molecule has 1 fully saturated rings. The van der Waals surface area contributed by atoms with Crippen molar-refractivity contribution in [2.24, 2.45) is 0 Å². The lowest BCUT2D eigenvalue weighted by atomic mass is 10.1. The molecule has 3 N–H and O–H groups in total. The lowest BCUT2D eigenvalue weighted by Crippen LogP contribution is -2.28. The van der Waals surface area contributed by atoms with E-state index in [2.05, 4.69) is 5.32 Å². The fraction of sp³-hybridized carbons (Fsp3) is 0.538. The molecule has 1 atom stereocenters. The highest BCUT2D eigenvalue weighted by Gasteiger charge is 2.19. The first-order valence-electron chi connectivity index (χ1n) is 5.95. The Kier molecular flexibility index (Phi) is 3.34. The van der Waals surface area contributed by atoms with Gasteiger partial charge in [0.05, 0.1) is 0 Å². The second-order valence-corrected chi connectivity index (χ2v) is 4.58. The molecule has 0 bridgehead atoms. The van der Waals surface area contributed by atoms with Crippen LogP contribution in [0.3, 0.4) is 0 Å². The van der Waals surface area contributed by atoms with Crippen LogP contribution in [0.2, 0.25) is 0 Å². The van der Waals surface area contributed by atoms with E-state index in [0.29, 0.717) is 6.04 Å². The molecule has 1 aliphatic rings. The first kappa shape index (κ1) is 11.3. The van der Waals surface area contributed by atoms with E-state index in [1.54, 1.807) is 6.07 Å². The highest BCUT2D eigenvalue weighted by atomic mass is 16.3. The van der Waals surface area contributed by atoms with Gasteiger partial charge in [-0.15, -0.1) is 0 Å². The zero-order valence-corrected chi connectivity index (χ0v) is 9.61. The molecular formula is C13H19NO2. The third-order valence-corrected chi connectivity index (χ3v) is 3.35. The predicted molar refractivity (Wildman–Crippen MR) is 63.6 cm³/mol. The van der Waals surface area contributed by atoms with E-state index in [0.717, 1.165) is 5.56 Å². The summed E-state index contributed by atoms with van der Waals surface area (Å²) in [5.74, 6) is -0.0435. The van der Waals surface area contributed by atoms with Gasteiger partial charge in [-0.1, -0.05) is 25.0 Å². The monoisotopic (exact) mass is 221 g/mol. The molecule has 0 saturated heterocycles. The van der Waals surface area contributed by atoms with Crippen LogP contribution < -0.4 is 5.32 Å². The number of para-hydroxylation sites is 1. The Morgan fingerprint density at radius 1 is 1.25 bits per heavy atom. The zero-order chi connectivity index (χ0) is 11.5. The molecule has 1 saturated carbocycles. The quantitative estimate of drug-likeness (QED) is 0.688. The normalized spacial score (nSPS) is 18.8. The zero-order valence-electron chi connectivity index (χ0n) is 9.61. The topological polar surface area (TPSA) is 52.5 Å². The number of rotatable bonds is 3. The first-order chi connectivity index (χ1) is 7.68. The number of phenolic OH excluding ortho intramolecular Hbond substituents is 2. The summed E-state index contributed by atoms with van der Waals surface area (Å²) < 4.78 is 0. The van der Waals surface area contributed by atoms with Crippen LogP contribution in [0, 0.1) is 0 Å². The van der Waals surface area contributed by atoms with E-state index in [9.17, 15) is 10.2 Å². The molecule has 88 valence electrons. The minimum absolute atomic E-state index is 0.000460. The Morgan fingerprint density at radius 3 is 2.62 bits per heavy atom. The summed E-state index contributed by atoms with van der Waals surface area (Å²) in [4.78, 5) is 0. The Hall–Kier alpha value is -1.22. The number of phenols is 2. The number of nitrogens with one attached hydrogen (secondary N) is 1. The minimum atomic E-state index is -0.0439. The molecular weight excluding hydrogens is 202 g/mol. The van der Waals surface area contributed by atoms with E-state index in [1.165, 1.54) is 31.7 Å². The van der Waals surface area contributed by atoms with Gasteiger partial charge in [-0.05, 0) is 25.8 Å².